The Hall–Kier alpha value is -1.57. The van der Waals surface area contributed by atoms with Crippen LogP contribution >= 0.6 is 0 Å². The standard InChI is InChI=1S/C13H14.C5H10O2/c1-2-4-11(5-3-1)13-9-10-6-7-12(13)8-10;1-3-4(2)5(6)7/h1-7,10,12-13H,8-9H2;4H,3H2,1-2H3,(H,6,7). The van der Waals surface area contributed by atoms with Gasteiger partial charge in [0.1, 0.15) is 0 Å². The van der Waals surface area contributed by atoms with Crippen LogP contribution in [0.5, 0.6) is 0 Å². The number of benzene rings is 1. The topological polar surface area (TPSA) is 37.3 Å². The van der Waals surface area contributed by atoms with E-state index >= 15 is 0 Å². The number of carboxylic acids is 1. The SMILES string of the molecule is C1=CC2CC1CC2c1ccccc1.CCC(C)C(=O)O. The molecule has 0 spiro atoms. The average molecular weight is 272 g/mol. The zero-order valence-electron chi connectivity index (χ0n) is 12.3. The van der Waals surface area contributed by atoms with Crippen molar-refractivity contribution in [2.45, 2.75) is 39.0 Å². The maximum absolute atomic E-state index is 9.93. The third-order valence-corrected chi connectivity index (χ3v) is 4.54. The van der Waals surface area contributed by atoms with Crippen LogP contribution < -0.4 is 0 Å². The van der Waals surface area contributed by atoms with Gasteiger partial charge in [-0.3, -0.25) is 4.79 Å². The molecule has 1 aromatic rings. The van der Waals surface area contributed by atoms with E-state index in [9.17, 15) is 4.79 Å². The van der Waals surface area contributed by atoms with Gasteiger partial charge in [0, 0.05) is 0 Å². The lowest BCUT2D eigenvalue weighted by Crippen LogP contribution is -2.06. The number of hydrogen-bond donors (Lipinski definition) is 1. The molecule has 20 heavy (non-hydrogen) atoms. The van der Waals surface area contributed by atoms with E-state index in [0.717, 1.165) is 24.2 Å². The average Bonchev–Trinajstić information content (AvgIpc) is 3.10. The lowest BCUT2D eigenvalue weighted by atomic mass is 9.87. The summed E-state index contributed by atoms with van der Waals surface area (Å²) in [5.41, 5.74) is 1.54. The van der Waals surface area contributed by atoms with E-state index < -0.39 is 5.97 Å². The van der Waals surface area contributed by atoms with E-state index in [1.165, 1.54) is 12.8 Å². The van der Waals surface area contributed by atoms with Crippen LogP contribution in [0.3, 0.4) is 0 Å². The minimum atomic E-state index is -0.706. The minimum Gasteiger partial charge on any atom is -0.481 e. The molecule has 108 valence electrons. The van der Waals surface area contributed by atoms with Crippen LogP contribution in [-0.2, 0) is 4.79 Å². The Labute approximate surface area is 121 Å². The van der Waals surface area contributed by atoms with Gasteiger partial charge in [0.05, 0.1) is 5.92 Å². The third kappa shape index (κ3) is 3.50. The second-order valence-electron chi connectivity index (χ2n) is 5.94. The molecule has 1 saturated carbocycles. The fourth-order valence-corrected chi connectivity index (χ4v) is 3.04. The molecule has 3 rings (SSSR count). The van der Waals surface area contributed by atoms with Crippen molar-refractivity contribution in [1.82, 2.24) is 0 Å². The van der Waals surface area contributed by atoms with Crippen molar-refractivity contribution in [2.75, 3.05) is 0 Å². The second kappa shape index (κ2) is 6.74. The molecule has 2 aliphatic rings. The quantitative estimate of drug-likeness (QED) is 0.823. The van der Waals surface area contributed by atoms with E-state index in [0.29, 0.717) is 0 Å². The van der Waals surface area contributed by atoms with Crippen LogP contribution in [0.25, 0.3) is 0 Å². The van der Waals surface area contributed by atoms with Crippen molar-refractivity contribution in [3.05, 3.63) is 48.0 Å². The first-order valence-corrected chi connectivity index (χ1v) is 7.57. The van der Waals surface area contributed by atoms with Gasteiger partial charge in [-0.15, -0.1) is 0 Å². The van der Waals surface area contributed by atoms with Crippen molar-refractivity contribution in [1.29, 1.82) is 0 Å². The highest BCUT2D eigenvalue weighted by molar-refractivity contribution is 5.69. The Balaban J connectivity index is 0.000000182. The van der Waals surface area contributed by atoms with Gasteiger partial charge < -0.3 is 5.11 Å². The van der Waals surface area contributed by atoms with Crippen molar-refractivity contribution in [3.8, 4) is 0 Å². The van der Waals surface area contributed by atoms with E-state index in [1.54, 1.807) is 12.5 Å². The number of carbonyl (C=O) groups is 1. The molecule has 1 aromatic carbocycles. The normalized spacial score (nSPS) is 27.8. The molecule has 4 atom stereocenters. The van der Waals surface area contributed by atoms with Crippen molar-refractivity contribution in [3.63, 3.8) is 0 Å². The Bertz CT molecular complexity index is 464. The maximum Gasteiger partial charge on any atom is 0.306 e. The molecular weight excluding hydrogens is 248 g/mol. The molecule has 2 nitrogen and oxygen atoms in total. The van der Waals surface area contributed by atoms with Crippen LogP contribution in [0.4, 0.5) is 0 Å². The molecule has 1 fully saturated rings. The first-order chi connectivity index (χ1) is 9.61. The summed E-state index contributed by atoms with van der Waals surface area (Å²) in [4.78, 5) is 9.93. The molecule has 1 N–H and O–H groups in total. The van der Waals surface area contributed by atoms with E-state index in [2.05, 4.69) is 42.5 Å². The minimum absolute atomic E-state index is 0.181. The summed E-state index contributed by atoms with van der Waals surface area (Å²) in [6.07, 6.45) is 8.33. The Morgan fingerprint density at radius 1 is 1.25 bits per heavy atom. The molecule has 2 aliphatic carbocycles. The largest absolute Gasteiger partial charge is 0.481 e. The Morgan fingerprint density at radius 2 is 1.95 bits per heavy atom. The first kappa shape index (κ1) is 14.8. The first-order valence-electron chi connectivity index (χ1n) is 7.57. The monoisotopic (exact) mass is 272 g/mol. The number of aliphatic carboxylic acids is 1. The predicted octanol–water partition coefficient (Wildman–Crippen LogP) is 4.48. The summed E-state index contributed by atoms with van der Waals surface area (Å²) in [6.45, 7) is 3.56. The van der Waals surface area contributed by atoms with Crippen molar-refractivity contribution in [2.24, 2.45) is 17.8 Å². The third-order valence-electron chi connectivity index (χ3n) is 4.54. The number of rotatable bonds is 3. The highest BCUT2D eigenvalue weighted by Gasteiger charge is 2.35. The second-order valence-corrected chi connectivity index (χ2v) is 5.94. The zero-order chi connectivity index (χ0) is 14.5. The van der Waals surface area contributed by atoms with Crippen LogP contribution in [0.1, 0.15) is 44.6 Å². The highest BCUT2D eigenvalue weighted by atomic mass is 16.4. The van der Waals surface area contributed by atoms with E-state index in [4.69, 9.17) is 5.11 Å². The van der Waals surface area contributed by atoms with Gasteiger partial charge in [0.2, 0.25) is 0 Å². The zero-order valence-corrected chi connectivity index (χ0v) is 12.3. The van der Waals surface area contributed by atoms with Gasteiger partial charge >= 0.3 is 5.97 Å². The number of hydrogen-bond acceptors (Lipinski definition) is 1. The van der Waals surface area contributed by atoms with Gasteiger partial charge in [-0.05, 0) is 42.6 Å². The molecular formula is C18H24O2. The van der Waals surface area contributed by atoms with E-state index in [1.807, 2.05) is 6.92 Å². The van der Waals surface area contributed by atoms with Gasteiger partial charge in [0.25, 0.3) is 0 Å². The summed E-state index contributed by atoms with van der Waals surface area (Å²) in [6, 6.07) is 11.0. The molecule has 2 heteroatoms. The summed E-state index contributed by atoms with van der Waals surface area (Å²) in [5, 5.41) is 8.18. The molecule has 0 radical (unpaired) electrons. The molecule has 0 heterocycles. The molecule has 0 aromatic heterocycles. The Morgan fingerprint density at radius 3 is 2.35 bits per heavy atom. The number of carboxylic acid groups (broad SMARTS) is 1. The fraction of sp³-hybridized carbons (Fsp3) is 0.500. The van der Waals surface area contributed by atoms with Crippen molar-refractivity contribution >= 4 is 5.97 Å². The summed E-state index contributed by atoms with van der Waals surface area (Å²) in [7, 11) is 0. The molecule has 2 bridgehead atoms. The van der Waals surface area contributed by atoms with Gasteiger partial charge in [-0.1, -0.05) is 56.3 Å². The molecule has 0 aliphatic heterocycles. The van der Waals surface area contributed by atoms with Gasteiger partial charge in [-0.2, -0.15) is 0 Å². The van der Waals surface area contributed by atoms with E-state index in [-0.39, 0.29) is 5.92 Å². The predicted molar refractivity (Wildman–Crippen MR) is 81.6 cm³/mol. The summed E-state index contributed by atoms with van der Waals surface area (Å²) < 4.78 is 0. The lowest BCUT2D eigenvalue weighted by Gasteiger charge is -2.17. The lowest BCUT2D eigenvalue weighted by molar-refractivity contribution is -0.141. The number of fused-ring (bicyclic) bond motifs is 2. The van der Waals surface area contributed by atoms with Gasteiger partial charge in [0.15, 0.2) is 0 Å². The van der Waals surface area contributed by atoms with Crippen molar-refractivity contribution < 1.29 is 9.90 Å². The summed E-state index contributed by atoms with van der Waals surface area (Å²) >= 11 is 0. The molecule has 4 unspecified atom stereocenters. The smallest absolute Gasteiger partial charge is 0.306 e. The van der Waals surface area contributed by atoms with Crippen LogP contribution in [0.2, 0.25) is 0 Å². The van der Waals surface area contributed by atoms with Crippen LogP contribution in [0, 0.1) is 17.8 Å². The van der Waals surface area contributed by atoms with Crippen LogP contribution in [-0.4, -0.2) is 11.1 Å². The summed E-state index contributed by atoms with van der Waals surface area (Å²) in [5.74, 6) is 1.65. The Kier molecular flexibility index (Phi) is 4.99. The molecule has 0 saturated heterocycles. The van der Waals surface area contributed by atoms with Gasteiger partial charge in [-0.25, -0.2) is 0 Å². The molecule has 0 amide bonds. The van der Waals surface area contributed by atoms with Crippen LogP contribution in [0.15, 0.2) is 42.5 Å². The maximum atomic E-state index is 9.93. The highest BCUT2D eigenvalue weighted by Crippen LogP contribution is 2.48. The number of allylic oxidation sites excluding steroid dienone is 2. The fourth-order valence-electron chi connectivity index (χ4n) is 3.04.